The van der Waals surface area contributed by atoms with Crippen molar-refractivity contribution in [2.45, 2.75) is 5.92 Å². The second-order valence-electron chi connectivity index (χ2n) is 6.01. The van der Waals surface area contributed by atoms with Crippen LogP contribution in [0.4, 0.5) is 0 Å². The van der Waals surface area contributed by atoms with Gasteiger partial charge in [-0.2, -0.15) is 0 Å². The lowest BCUT2D eigenvalue weighted by molar-refractivity contribution is -0.130. The fraction of sp³-hybridized carbons (Fsp3) is 0.0909. The Hall–Kier alpha value is -3.31. The van der Waals surface area contributed by atoms with Gasteiger partial charge < -0.3 is 4.74 Å². The molecule has 0 saturated heterocycles. The number of ether oxygens (including phenoxy) is 1. The smallest absolute Gasteiger partial charge is 0.276 e. The van der Waals surface area contributed by atoms with E-state index in [1.807, 2.05) is 60.7 Å². The molecule has 3 aromatic rings. The minimum atomic E-state index is -0.549. The van der Waals surface area contributed by atoms with Gasteiger partial charge in [-0.15, -0.1) is 0 Å². The van der Waals surface area contributed by atoms with Crippen molar-refractivity contribution >= 4 is 23.4 Å². The highest BCUT2D eigenvalue weighted by Crippen LogP contribution is 2.24. The summed E-state index contributed by atoms with van der Waals surface area (Å²) in [7, 11) is 0. The normalized spacial score (nSPS) is 10.4. The van der Waals surface area contributed by atoms with E-state index in [4.69, 9.17) is 16.3 Å². The zero-order valence-corrected chi connectivity index (χ0v) is 15.7. The molecule has 3 aromatic carbocycles. The number of hydrogen-bond donors (Lipinski definition) is 2. The Balaban J connectivity index is 1.62. The standard InChI is InChI=1S/C22H19ClN2O3/c23-18-13-7-8-14-19(18)28-15-20(26)24-25-22(27)21(16-9-3-1-4-10-16)17-11-5-2-6-12-17/h1-14,21H,15H2,(H,24,26)(H,25,27). The monoisotopic (exact) mass is 394 g/mol. The van der Waals surface area contributed by atoms with Crippen LogP contribution < -0.4 is 15.6 Å². The minimum Gasteiger partial charge on any atom is -0.482 e. The number of nitrogens with one attached hydrogen (secondary N) is 2. The zero-order chi connectivity index (χ0) is 19.8. The van der Waals surface area contributed by atoms with Crippen molar-refractivity contribution in [2.75, 3.05) is 6.61 Å². The molecule has 0 spiro atoms. The Labute approximate surface area is 168 Å². The number of para-hydroxylation sites is 1. The first-order chi connectivity index (χ1) is 13.6. The Morgan fingerprint density at radius 3 is 1.89 bits per heavy atom. The molecule has 0 aliphatic carbocycles. The van der Waals surface area contributed by atoms with Crippen LogP contribution in [0.2, 0.25) is 5.02 Å². The maximum atomic E-state index is 12.8. The molecule has 0 atom stereocenters. The minimum absolute atomic E-state index is 0.272. The fourth-order valence-electron chi connectivity index (χ4n) is 2.73. The number of rotatable bonds is 6. The van der Waals surface area contributed by atoms with Gasteiger partial charge in [-0.25, -0.2) is 0 Å². The van der Waals surface area contributed by atoms with Crippen LogP contribution in [0.3, 0.4) is 0 Å². The van der Waals surface area contributed by atoms with Crippen LogP contribution >= 0.6 is 11.6 Å². The second kappa shape index (κ2) is 9.58. The highest BCUT2D eigenvalue weighted by molar-refractivity contribution is 6.32. The van der Waals surface area contributed by atoms with Crippen molar-refractivity contribution < 1.29 is 14.3 Å². The van der Waals surface area contributed by atoms with E-state index < -0.39 is 11.8 Å². The average Bonchev–Trinajstić information content (AvgIpc) is 2.73. The van der Waals surface area contributed by atoms with E-state index >= 15 is 0 Å². The van der Waals surface area contributed by atoms with Crippen molar-refractivity contribution in [1.82, 2.24) is 10.9 Å². The van der Waals surface area contributed by atoms with Crippen LogP contribution in [0, 0.1) is 0 Å². The van der Waals surface area contributed by atoms with Crippen LogP contribution in [0.25, 0.3) is 0 Å². The maximum Gasteiger partial charge on any atom is 0.276 e. The number of carbonyl (C=O) groups is 2. The molecule has 0 fully saturated rings. The molecule has 142 valence electrons. The van der Waals surface area contributed by atoms with Gasteiger partial charge in [0, 0.05) is 0 Å². The molecule has 2 N–H and O–H groups in total. The number of amides is 2. The number of hydrazine groups is 1. The Morgan fingerprint density at radius 1 is 0.786 bits per heavy atom. The summed E-state index contributed by atoms with van der Waals surface area (Å²) >= 11 is 5.99. The molecular weight excluding hydrogens is 376 g/mol. The molecule has 5 nitrogen and oxygen atoms in total. The lowest BCUT2D eigenvalue weighted by Gasteiger charge is -2.18. The molecular formula is C22H19ClN2O3. The summed E-state index contributed by atoms with van der Waals surface area (Å²) in [5, 5.41) is 0.410. The quantitative estimate of drug-likeness (QED) is 0.626. The van der Waals surface area contributed by atoms with Crippen LogP contribution in [0.5, 0.6) is 5.75 Å². The van der Waals surface area contributed by atoms with Gasteiger partial charge >= 0.3 is 0 Å². The topological polar surface area (TPSA) is 67.4 Å². The fourth-order valence-corrected chi connectivity index (χ4v) is 2.92. The third-order valence-corrected chi connectivity index (χ3v) is 4.36. The summed E-state index contributed by atoms with van der Waals surface area (Å²) in [6.07, 6.45) is 0. The predicted octanol–water partition coefficient (Wildman–Crippen LogP) is 3.70. The van der Waals surface area contributed by atoms with Crippen LogP contribution in [-0.2, 0) is 9.59 Å². The largest absolute Gasteiger partial charge is 0.482 e. The van der Waals surface area contributed by atoms with Gasteiger partial charge in [-0.05, 0) is 23.3 Å². The van der Waals surface area contributed by atoms with Crippen molar-refractivity contribution in [3.8, 4) is 5.75 Å². The van der Waals surface area contributed by atoms with Crippen molar-refractivity contribution in [2.24, 2.45) is 0 Å². The van der Waals surface area contributed by atoms with Gasteiger partial charge in [-0.1, -0.05) is 84.4 Å². The predicted molar refractivity (Wildman–Crippen MR) is 108 cm³/mol. The van der Waals surface area contributed by atoms with Gasteiger partial charge in [0.2, 0.25) is 5.91 Å². The molecule has 0 aromatic heterocycles. The number of halogens is 1. The molecule has 0 saturated carbocycles. The Kier molecular flexibility index (Phi) is 6.65. The second-order valence-corrected chi connectivity index (χ2v) is 6.42. The van der Waals surface area contributed by atoms with Crippen molar-refractivity contribution in [1.29, 1.82) is 0 Å². The van der Waals surface area contributed by atoms with E-state index in [2.05, 4.69) is 10.9 Å². The third kappa shape index (κ3) is 5.11. The molecule has 0 aliphatic heterocycles. The molecule has 3 rings (SSSR count). The van der Waals surface area contributed by atoms with E-state index in [0.29, 0.717) is 10.8 Å². The molecule has 0 aliphatic rings. The van der Waals surface area contributed by atoms with Crippen molar-refractivity contribution in [3.63, 3.8) is 0 Å². The summed E-state index contributed by atoms with van der Waals surface area (Å²) in [4.78, 5) is 24.8. The van der Waals surface area contributed by atoms with Crippen LogP contribution in [0.15, 0.2) is 84.9 Å². The van der Waals surface area contributed by atoms with E-state index in [9.17, 15) is 9.59 Å². The third-order valence-electron chi connectivity index (χ3n) is 4.05. The van der Waals surface area contributed by atoms with E-state index in [1.54, 1.807) is 24.3 Å². The lowest BCUT2D eigenvalue weighted by Crippen LogP contribution is -2.46. The summed E-state index contributed by atoms with van der Waals surface area (Å²) in [5.74, 6) is -0.985. The molecule has 6 heteroatoms. The average molecular weight is 395 g/mol. The molecule has 0 bridgehead atoms. The number of hydrogen-bond acceptors (Lipinski definition) is 3. The highest BCUT2D eigenvalue weighted by Gasteiger charge is 2.22. The summed E-state index contributed by atoms with van der Waals surface area (Å²) < 4.78 is 5.37. The maximum absolute atomic E-state index is 12.8. The molecule has 0 heterocycles. The Morgan fingerprint density at radius 2 is 1.32 bits per heavy atom. The molecule has 0 unspecified atom stereocenters. The SMILES string of the molecule is O=C(COc1ccccc1Cl)NNC(=O)C(c1ccccc1)c1ccccc1. The van der Waals surface area contributed by atoms with Gasteiger partial charge in [0.25, 0.3) is 5.91 Å². The summed E-state index contributed by atoms with van der Waals surface area (Å²) in [6.45, 7) is -0.272. The first-order valence-corrected chi connectivity index (χ1v) is 9.09. The van der Waals surface area contributed by atoms with E-state index in [0.717, 1.165) is 11.1 Å². The van der Waals surface area contributed by atoms with Gasteiger partial charge in [0.05, 0.1) is 10.9 Å². The van der Waals surface area contributed by atoms with Crippen molar-refractivity contribution in [3.05, 3.63) is 101 Å². The lowest BCUT2D eigenvalue weighted by atomic mass is 9.91. The van der Waals surface area contributed by atoms with Crippen LogP contribution in [-0.4, -0.2) is 18.4 Å². The number of carbonyl (C=O) groups excluding carboxylic acids is 2. The molecule has 0 radical (unpaired) electrons. The first kappa shape index (κ1) is 19.5. The first-order valence-electron chi connectivity index (χ1n) is 8.71. The van der Waals surface area contributed by atoms with Gasteiger partial charge in [0.1, 0.15) is 5.75 Å². The molecule has 28 heavy (non-hydrogen) atoms. The summed E-state index contributed by atoms with van der Waals surface area (Å²) in [5.41, 5.74) is 6.52. The Bertz CT molecular complexity index is 893. The van der Waals surface area contributed by atoms with E-state index in [-0.39, 0.29) is 12.5 Å². The summed E-state index contributed by atoms with van der Waals surface area (Å²) in [6, 6.07) is 25.6. The zero-order valence-electron chi connectivity index (χ0n) is 15.0. The highest BCUT2D eigenvalue weighted by atomic mass is 35.5. The van der Waals surface area contributed by atoms with Crippen LogP contribution in [0.1, 0.15) is 17.0 Å². The van der Waals surface area contributed by atoms with Gasteiger partial charge in [-0.3, -0.25) is 20.4 Å². The van der Waals surface area contributed by atoms with Gasteiger partial charge in [0.15, 0.2) is 6.61 Å². The van der Waals surface area contributed by atoms with E-state index in [1.165, 1.54) is 0 Å². The molecule has 2 amide bonds. The number of benzene rings is 3.